The molecule has 1 aliphatic rings. The number of benzene rings is 1. The molecule has 0 saturated heterocycles. The van der Waals surface area contributed by atoms with E-state index in [1.165, 1.54) is 30.6 Å². The van der Waals surface area contributed by atoms with Crippen molar-refractivity contribution in [3.05, 3.63) is 57.9 Å². The normalized spacial score (nSPS) is 15.1. The second-order valence-corrected chi connectivity index (χ2v) is 7.95. The highest BCUT2D eigenvalue weighted by molar-refractivity contribution is 7.10. The van der Waals surface area contributed by atoms with Crippen molar-refractivity contribution in [2.24, 2.45) is 5.92 Å². The average Bonchev–Trinajstić information content (AvgIpc) is 3.25. The van der Waals surface area contributed by atoms with Crippen LogP contribution < -0.4 is 15.4 Å². The van der Waals surface area contributed by atoms with Crippen LogP contribution in [0.2, 0.25) is 0 Å². The predicted octanol–water partition coefficient (Wildman–Crippen LogP) is 4.22. The summed E-state index contributed by atoms with van der Waals surface area (Å²) >= 11 is 1.52. The monoisotopic (exact) mass is 398 g/mol. The smallest absolute Gasteiger partial charge is 0.267 e. The van der Waals surface area contributed by atoms with Gasteiger partial charge in [-0.05, 0) is 60.5 Å². The molecule has 2 amide bonds. The van der Waals surface area contributed by atoms with Crippen LogP contribution in [0.15, 0.2) is 47.5 Å². The predicted molar refractivity (Wildman–Crippen MR) is 112 cm³/mol. The summed E-state index contributed by atoms with van der Waals surface area (Å²) in [5.41, 5.74) is 0.733. The van der Waals surface area contributed by atoms with Crippen LogP contribution in [0.25, 0.3) is 6.08 Å². The Hall–Kier alpha value is -2.60. The first-order valence-electron chi connectivity index (χ1n) is 9.64. The minimum atomic E-state index is -0.321. The lowest BCUT2D eigenvalue weighted by molar-refractivity contribution is -0.117. The van der Waals surface area contributed by atoms with E-state index in [1.54, 1.807) is 37.5 Å². The van der Waals surface area contributed by atoms with E-state index in [9.17, 15) is 9.59 Å². The number of hydrogen-bond acceptors (Lipinski definition) is 4. The zero-order valence-corrected chi connectivity index (χ0v) is 16.9. The van der Waals surface area contributed by atoms with Gasteiger partial charge in [0.25, 0.3) is 11.8 Å². The van der Waals surface area contributed by atoms with Gasteiger partial charge in [-0.2, -0.15) is 0 Å². The lowest BCUT2D eigenvalue weighted by Crippen LogP contribution is -2.37. The van der Waals surface area contributed by atoms with Crippen molar-refractivity contribution in [2.45, 2.75) is 32.1 Å². The Kier molecular flexibility index (Phi) is 7.25. The van der Waals surface area contributed by atoms with Crippen LogP contribution >= 0.6 is 11.3 Å². The van der Waals surface area contributed by atoms with E-state index in [-0.39, 0.29) is 17.5 Å². The minimum Gasteiger partial charge on any atom is -0.497 e. The number of carbonyl (C=O) groups excluding carboxylic acids is 2. The van der Waals surface area contributed by atoms with Gasteiger partial charge in [-0.3, -0.25) is 9.59 Å². The fourth-order valence-corrected chi connectivity index (χ4v) is 3.99. The highest BCUT2D eigenvalue weighted by Crippen LogP contribution is 2.23. The maximum absolute atomic E-state index is 12.8. The Morgan fingerprint density at radius 3 is 2.54 bits per heavy atom. The molecule has 2 aromatic rings. The van der Waals surface area contributed by atoms with E-state index in [0.29, 0.717) is 23.8 Å². The third-order valence-electron chi connectivity index (χ3n) is 4.95. The summed E-state index contributed by atoms with van der Waals surface area (Å²) in [7, 11) is 1.58. The molecule has 2 N–H and O–H groups in total. The molecule has 0 atom stereocenters. The zero-order chi connectivity index (χ0) is 19.8. The van der Waals surface area contributed by atoms with Crippen LogP contribution in [0, 0.1) is 5.92 Å². The van der Waals surface area contributed by atoms with Crippen molar-refractivity contribution in [2.75, 3.05) is 13.7 Å². The molecule has 0 aliphatic heterocycles. The van der Waals surface area contributed by atoms with Crippen LogP contribution in [0.5, 0.6) is 5.75 Å². The summed E-state index contributed by atoms with van der Waals surface area (Å²) in [4.78, 5) is 26.3. The Labute approximate surface area is 169 Å². The fourth-order valence-electron chi connectivity index (χ4n) is 3.33. The van der Waals surface area contributed by atoms with Gasteiger partial charge < -0.3 is 15.4 Å². The van der Waals surface area contributed by atoms with Gasteiger partial charge >= 0.3 is 0 Å². The summed E-state index contributed by atoms with van der Waals surface area (Å²) < 4.78 is 5.12. The lowest BCUT2D eigenvalue weighted by atomic mass is 9.89. The molecular weight excluding hydrogens is 372 g/mol. The van der Waals surface area contributed by atoms with E-state index in [4.69, 9.17) is 4.74 Å². The Morgan fingerprint density at radius 1 is 1.14 bits per heavy atom. The number of rotatable bonds is 7. The molecule has 1 aromatic carbocycles. The van der Waals surface area contributed by atoms with E-state index in [2.05, 4.69) is 10.6 Å². The second-order valence-electron chi connectivity index (χ2n) is 6.97. The minimum absolute atomic E-state index is 0.249. The number of nitrogens with one attached hydrogen (secondary N) is 2. The van der Waals surface area contributed by atoms with Crippen LogP contribution in [-0.4, -0.2) is 25.5 Å². The molecule has 1 fully saturated rings. The van der Waals surface area contributed by atoms with Crippen LogP contribution in [0.3, 0.4) is 0 Å². The SMILES string of the molecule is COc1ccc(C(=O)N/C(=C\c2cccs2)C(=O)NCC2CCCCC2)cc1. The quantitative estimate of drug-likeness (QED) is 0.686. The van der Waals surface area contributed by atoms with Gasteiger partial charge in [0.1, 0.15) is 11.4 Å². The molecule has 3 rings (SSSR count). The maximum Gasteiger partial charge on any atom is 0.267 e. The standard InChI is InChI=1S/C22H26N2O3S/c1-27-18-11-9-17(10-12-18)21(25)24-20(14-19-8-5-13-28-19)22(26)23-15-16-6-3-2-4-7-16/h5,8-14,16H,2-4,6-7,15H2,1H3,(H,23,26)(H,24,25)/b20-14-. The van der Waals surface area contributed by atoms with E-state index < -0.39 is 0 Å². The summed E-state index contributed by atoms with van der Waals surface area (Å²) in [6.07, 6.45) is 7.78. The summed E-state index contributed by atoms with van der Waals surface area (Å²) in [5.74, 6) is 0.633. The molecule has 28 heavy (non-hydrogen) atoms. The van der Waals surface area contributed by atoms with Crippen molar-refractivity contribution in [3.63, 3.8) is 0 Å². The number of amides is 2. The second kappa shape index (κ2) is 10.1. The molecule has 0 spiro atoms. The summed E-state index contributed by atoms with van der Waals surface area (Å²) in [6.45, 7) is 0.652. The van der Waals surface area contributed by atoms with E-state index in [1.807, 2.05) is 17.5 Å². The third-order valence-corrected chi connectivity index (χ3v) is 5.77. The molecule has 5 nitrogen and oxygen atoms in total. The highest BCUT2D eigenvalue weighted by atomic mass is 32.1. The molecule has 6 heteroatoms. The van der Waals surface area contributed by atoms with Crippen molar-refractivity contribution >= 4 is 29.2 Å². The van der Waals surface area contributed by atoms with Gasteiger partial charge in [0, 0.05) is 17.0 Å². The van der Waals surface area contributed by atoms with Gasteiger partial charge in [-0.25, -0.2) is 0 Å². The third kappa shape index (κ3) is 5.70. The Morgan fingerprint density at radius 2 is 1.89 bits per heavy atom. The fraction of sp³-hybridized carbons (Fsp3) is 0.364. The first-order valence-corrected chi connectivity index (χ1v) is 10.5. The van der Waals surface area contributed by atoms with Crippen LogP contribution in [0.4, 0.5) is 0 Å². The Balaban J connectivity index is 1.69. The first-order chi connectivity index (χ1) is 13.7. The van der Waals surface area contributed by atoms with Gasteiger partial charge in [-0.15, -0.1) is 11.3 Å². The maximum atomic E-state index is 12.8. The van der Waals surface area contributed by atoms with Crippen LogP contribution in [-0.2, 0) is 4.79 Å². The van der Waals surface area contributed by atoms with Gasteiger partial charge in [-0.1, -0.05) is 25.3 Å². The molecule has 1 saturated carbocycles. The molecule has 1 heterocycles. The summed E-state index contributed by atoms with van der Waals surface area (Å²) in [5, 5.41) is 7.71. The van der Waals surface area contributed by atoms with Crippen molar-refractivity contribution in [1.29, 1.82) is 0 Å². The molecule has 148 valence electrons. The first kappa shape index (κ1) is 20.1. The lowest BCUT2D eigenvalue weighted by Gasteiger charge is -2.22. The largest absolute Gasteiger partial charge is 0.497 e. The molecule has 1 aliphatic carbocycles. The van der Waals surface area contributed by atoms with Crippen molar-refractivity contribution in [1.82, 2.24) is 10.6 Å². The Bertz CT molecular complexity index is 807. The van der Waals surface area contributed by atoms with E-state index in [0.717, 1.165) is 17.7 Å². The molecule has 0 bridgehead atoms. The number of carbonyl (C=O) groups is 2. The van der Waals surface area contributed by atoms with Crippen molar-refractivity contribution < 1.29 is 14.3 Å². The molecule has 0 radical (unpaired) electrons. The van der Waals surface area contributed by atoms with Crippen LogP contribution in [0.1, 0.15) is 47.3 Å². The van der Waals surface area contributed by atoms with Gasteiger partial charge in [0.15, 0.2) is 0 Å². The highest BCUT2D eigenvalue weighted by Gasteiger charge is 2.18. The number of methoxy groups -OCH3 is 1. The topological polar surface area (TPSA) is 67.4 Å². The van der Waals surface area contributed by atoms with E-state index >= 15 is 0 Å². The number of hydrogen-bond donors (Lipinski definition) is 2. The number of thiophene rings is 1. The molecular formula is C22H26N2O3S. The summed E-state index contributed by atoms with van der Waals surface area (Å²) in [6, 6.07) is 10.6. The van der Waals surface area contributed by atoms with Gasteiger partial charge in [0.05, 0.1) is 7.11 Å². The number of ether oxygens (including phenoxy) is 1. The zero-order valence-electron chi connectivity index (χ0n) is 16.1. The average molecular weight is 399 g/mol. The molecule has 0 unspecified atom stereocenters. The molecule has 1 aromatic heterocycles. The van der Waals surface area contributed by atoms with Gasteiger partial charge in [0.2, 0.25) is 0 Å². The van der Waals surface area contributed by atoms with Crippen molar-refractivity contribution in [3.8, 4) is 5.75 Å².